The Morgan fingerprint density at radius 1 is 1.44 bits per heavy atom. The fraction of sp³-hybridized carbons (Fsp3) is 0.875. The third-order valence-corrected chi connectivity index (χ3v) is 4.85. The van der Waals surface area contributed by atoms with Crippen molar-refractivity contribution < 1.29 is 17.9 Å². The molecule has 96 valence electrons. The van der Waals surface area contributed by atoms with Gasteiger partial charge >= 0.3 is 6.09 Å². The fourth-order valence-corrected chi connectivity index (χ4v) is 1.91. The average molecular weight is 270 g/mol. The van der Waals surface area contributed by atoms with Crippen molar-refractivity contribution in [3.63, 3.8) is 0 Å². The summed E-state index contributed by atoms with van der Waals surface area (Å²) in [6, 6.07) is 0. The highest BCUT2D eigenvalue weighted by Gasteiger charge is 2.09. The van der Waals surface area contributed by atoms with Crippen LogP contribution in [0.25, 0.3) is 0 Å². The van der Waals surface area contributed by atoms with E-state index in [9.17, 15) is 13.2 Å². The molecule has 0 aliphatic heterocycles. The zero-order chi connectivity index (χ0) is 12.6. The lowest BCUT2D eigenvalue weighted by molar-refractivity contribution is 0.152. The number of hydrogen-bond donors (Lipinski definition) is 1. The van der Waals surface area contributed by atoms with Crippen molar-refractivity contribution in [3.8, 4) is 0 Å². The van der Waals surface area contributed by atoms with E-state index >= 15 is 0 Å². The summed E-state index contributed by atoms with van der Waals surface area (Å²) in [7, 11) is 1.38. The van der Waals surface area contributed by atoms with E-state index in [0.717, 1.165) is 10.8 Å². The van der Waals surface area contributed by atoms with Gasteiger partial charge in [-0.3, -0.25) is 0 Å². The van der Waals surface area contributed by atoms with Crippen LogP contribution < -0.4 is 5.32 Å². The second-order valence-corrected chi connectivity index (χ2v) is 7.67. The van der Waals surface area contributed by atoms with Crippen molar-refractivity contribution in [1.82, 2.24) is 10.2 Å². The minimum absolute atomic E-state index is 0.114. The van der Waals surface area contributed by atoms with Gasteiger partial charge in [0.05, 0.1) is 5.75 Å². The maximum Gasteiger partial charge on any atom is 0.407 e. The van der Waals surface area contributed by atoms with Crippen LogP contribution in [0.5, 0.6) is 0 Å². The lowest BCUT2D eigenvalue weighted by atomic mass is 10.6. The minimum Gasteiger partial charge on any atom is -0.448 e. The third-order valence-electron chi connectivity index (χ3n) is 1.65. The highest BCUT2D eigenvalue weighted by molar-refractivity contribution is 8.71. The molecule has 0 rings (SSSR count). The van der Waals surface area contributed by atoms with E-state index in [1.165, 1.54) is 6.26 Å². The number of hydrogen-bond acceptors (Lipinski definition) is 6. The topological polar surface area (TPSA) is 75.7 Å². The number of carbonyl (C=O) groups is 1. The Balaban J connectivity index is 3.59. The van der Waals surface area contributed by atoms with Gasteiger partial charge in [0, 0.05) is 13.1 Å². The minimum atomic E-state index is -3.15. The first-order chi connectivity index (χ1) is 7.37. The largest absolute Gasteiger partial charge is 0.448 e. The summed E-state index contributed by atoms with van der Waals surface area (Å²) in [6.07, 6.45) is 0.894. The predicted octanol–water partition coefficient (Wildman–Crippen LogP) is -0.0330. The molecule has 0 aliphatic carbocycles. The first kappa shape index (κ1) is 15.5. The quantitative estimate of drug-likeness (QED) is 0.655. The number of carbonyl (C=O) groups excluding carboxylic acids is 1. The highest BCUT2D eigenvalue weighted by atomic mass is 33.1. The maximum atomic E-state index is 11.0. The molecule has 0 bridgehead atoms. The summed E-state index contributed by atoms with van der Waals surface area (Å²) < 4.78 is 26.8. The predicted molar refractivity (Wildman–Crippen MR) is 65.2 cm³/mol. The Labute approximate surface area is 100 Å². The van der Waals surface area contributed by atoms with Crippen molar-refractivity contribution in [1.29, 1.82) is 0 Å². The number of ether oxygens (including phenoxy) is 1. The molecular formula is C8H18N2O4S2. The van der Waals surface area contributed by atoms with E-state index in [2.05, 4.69) is 5.32 Å². The maximum absolute atomic E-state index is 11.0. The summed E-state index contributed by atoms with van der Waals surface area (Å²) in [5.41, 5.74) is 0. The third kappa shape index (κ3) is 8.81. The average Bonchev–Trinajstić information content (AvgIpc) is 2.17. The first-order valence-electron chi connectivity index (χ1n) is 4.71. The SMILES string of the molecule is CSS(=O)(=O)CCOC(=O)NCCN(C)C. The normalized spacial score (nSPS) is 11.5. The Bertz CT molecular complexity index is 303. The van der Waals surface area contributed by atoms with Crippen LogP contribution in [0, 0.1) is 0 Å². The zero-order valence-corrected chi connectivity index (χ0v) is 11.4. The fourth-order valence-electron chi connectivity index (χ4n) is 0.752. The van der Waals surface area contributed by atoms with Crippen molar-refractivity contribution in [2.45, 2.75) is 0 Å². The summed E-state index contributed by atoms with van der Waals surface area (Å²) in [5, 5.41) is 2.51. The summed E-state index contributed by atoms with van der Waals surface area (Å²) in [4.78, 5) is 13.0. The number of nitrogens with one attached hydrogen (secondary N) is 1. The van der Waals surface area contributed by atoms with Crippen molar-refractivity contribution >= 4 is 25.8 Å². The molecule has 0 saturated carbocycles. The van der Waals surface area contributed by atoms with Crippen molar-refractivity contribution in [3.05, 3.63) is 0 Å². The monoisotopic (exact) mass is 270 g/mol. The van der Waals surface area contributed by atoms with Gasteiger partial charge in [0.15, 0.2) is 0 Å². The number of rotatable bonds is 7. The van der Waals surface area contributed by atoms with Gasteiger partial charge in [0.1, 0.15) is 6.61 Å². The summed E-state index contributed by atoms with van der Waals surface area (Å²) >= 11 is 0. The van der Waals surface area contributed by atoms with E-state index in [1.54, 1.807) is 0 Å². The van der Waals surface area contributed by atoms with Crippen LogP contribution in [0.3, 0.4) is 0 Å². The van der Waals surface area contributed by atoms with E-state index in [4.69, 9.17) is 4.74 Å². The van der Waals surface area contributed by atoms with Gasteiger partial charge in [-0.1, -0.05) is 0 Å². The van der Waals surface area contributed by atoms with Gasteiger partial charge in [-0.2, -0.15) is 0 Å². The van der Waals surface area contributed by atoms with Gasteiger partial charge in [0.2, 0.25) is 8.87 Å². The Hall–Kier alpha value is -0.470. The molecule has 0 heterocycles. The van der Waals surface area contributed by atoms with E-state index in [-0.39, 0.29) is 12.4 Å². The van der Waals surface area contributed by atoms with Crippen molar-refractivity contribution in [2.75, 3.05) is 45.8 Å². The molecule has 16 heavy (non-hydrogen) atoms. The molecule has 0 aliphatic rings. The van der Waals surface area contributed by atoms with Gasteiger partial charge in [-0.25, -0.2) is 13.2 Å². The Kier molecular flexibility index (Phi) is 7.52. The molecule has 0 aromatic rings. The van der Waals surface area contributed by atoms with Gasteiger partial charge in [0.25, 0.3) is 0 Å². The molecule has 0 spiro atoms. The molecule has 0 aromatic heterocycles. The van der Waals surface area contributed by atoms with Gasteiger partial charge in [-0.15, -0.1) is 0 Å². The van der Waals surface area contributed by atoms with Crippen LogP contribution in [0.2, 0.25) is 0 Å². The summed E-state index contributed by atoms with van der Waals surface area (Å²) in [5.74, 6) is -0.157. The van der Waals surface area contributed by atoms with Gasteiger partial charge in [-0.05, 0) is 31.1 Å². The molecule has 0 aromatic carbocycles. The van der Waals surface area contributed by atoms with Crippen LogP contribution in [0.15, 0.2) is 0 Å². The lowest BCUT2D eigenvalue weighted by Gasteiger charge is -2.10. The molecule has 0 unspecified atom stereocenters. The molecule has 8 heteroatoms. The number of likely N-dealkylation sites (N-methyl/N-ethyl adjacent to an activating group) is 1. The van der Waals surface area contributed by atoms with Crippen LogP contribution in [-0.2, 0) is 13.6 Å². The Morgan fingerprint density at radius 2 is 2.06 bits per heavy atom. The van der Waals surface area contributed by atoms with Crippen LogP contribution in [0.4, 0.5) is 4.79 Å². The molecule has 1 amide bonds. The first-order valence-corrected chi connectivity index (χ1v) is 8.10. The molecule has 0 radical (unpaired) electrons. The second kappa shape index (κ2) is 7.75. The van der Waals surface area contributed by atoms with E-state index < -0.39 is 15.0 Å². The molecule has 1 N–H and O–H groups in total. The molecule has 0 saturated heterocycles. The van der Waals surface area contributed by atoms with Crippen LogP contribution in [-0.4, -0.2) is 65.2 Å². The van der Waals surface area contributed by atoms with E-state index in [0.29, 0.717) is 13.1 Å². The standard InChI is InChI=1S/C8H18N2O4S2/c1-10(2)5-4-9-8(11)14-6-7-16(12,13)15-3/h4-7H2,1-3H3,(H,9,11). The molecule has 6 nitrogen and oxygen atoms in total. The molecular weight excluding hydrogens is 252 g/mol. The summed E-state index contributed by atoms with van der Waals surface area (Å²) in [6.45, 7) is 1.07. The van der Waals surface area contributed by atoms with Crippen LogP contribution in [0.1, 0.15) is 0 Å². The van der Waals surface area contributed by atoms with Gasteiger partial charge < -0.3 is 15.0 Å². The second-order valence-electron chi connectivity index (χ2n) is 3.29. The van der Waals surface area contributed by atoms with Crippen molar-refractivity contribution in [2.24, 2.45) is 0 Å². The van der Waals surface area contributed by atoms with E-state index in [1.807, 2.05) is 19.0 Å². The zero-order valence-electron chi connectivity index (χ0n) is 9.73. The lowest BCUT2D eigenvalue weighted by Crippen LogP contribution is -2.32. The molecule has 0 atom stereocenters. The van der Waals surface area contributed by atoms with Crippen LogP contribution >= 0.6 is 10.8 Å². The highest BCUT2D eigenvalue weighted by Crippen LogP contribution is 2.06. The smallest absolute Gasteiger partial charge is 0.407 e. The number of alkyl carbamates (subject to hydrolysis) is 1. The Morgan fingerprint density at radius 3 is 2.56 bits per heavy atom. The number of nitrogens with zero attached hydrogens (tertiary/aromatic N) is 1. The number of amides is 1. The molecule has 0 fully saturated rings.